The van der Waals surface area contributed by atoms with Crippen molar-refractivity contribution >= 4 is 17.5 Å². The molecule has 23 heavy (non-hydrogen) atoms. The Balaban J connectivity index is 1.94. The average molecular weight is 327 g/mol. The van der Waals surface area contributed by atoms with Gasteiger partial charge in [0, 0.05) is 36.9 Å². The number of benzene rings is 1. The summed E-state index contributed by atoms with van der Waals surface area (Å²) in [7, 11) is 1.89. The van der Waals surface area contributed by atoms with Crippen molar-refractivity contribution in [2.75, 3.05) is 0 Å². The smallest absolute Gasteiger partial charge is 0.253 e. The molecule has 0 saturated heterocycles. The molecule has 0 bridgehead atoms. The molecule has 1 unspecified atom stereocenters. The van der Waals surface area contributed by atoms with Crippen LogP contribution in [0.5, 0.6) is 0 Å². The van der Waals surface area contributed by atoms with E-state index in [1.54, 1.807) is 36.7 Å². The Labute approximate surface area is 139 Å². The number of aromatic nitrogens is 3. The highest BCUT2D eigenvalue weighted by molar-refractivity contribution is 6.30. The van der Waals surface area contributed by atoms with Crippen LogP contribution in [0.2, 0.25) is 5.02 Å². The van der Waals surface area contributed by atoms with E-state index in [2.05, 4.69) is 15.3 Å². The molecule has 2 heterocycles. The van der Waals surface area contributed by atoms with Gasteiger partial charge in [0.05, 0.1) is 5.56 Å². The Kier molecular flexibility index (Phi) is 4.39. The maximum absolute atomic E-state index is 12.5. The fourth-order valence-corrected chi connectivity index (χ4v) is 2.44. The number of halogens is 1. The summed E-state index contributed by atoms with van der Waals surface area (Å²) in [5.41, 5.74) is 1.40. The predicted molar refractivity (Wildman–Crippen MR) is 88.2 cm³/mol. The van der Waals surface area contributed by atoms with Crippen molar-refractivity contribution in [3.8, 4) is 0 Å². The van der Waals surface area contributed by atoms with Crippen LogP contribution < -0.4 is 5.32 Å². The second-order valence-corrected chi connectivity index (χ2v) is 5.53. The molecule has 1 amide bonds. The molecule has 0 radical (unpaired) electrons. The Bertz CT molecular complexity index is 799. The van der Waals surface area contributed by atoms with Gasteiger partial charge in [-0.05, 0) is 29.8 Å². The second-order valence-electron chi connectivity index (χ2n) is 5.10. The van der Waals surface area contributed by atoms with E-state index in [-0.39, 0.29) is 11.9 Å². The lowest BCUT2D eigenvalue weighted by Crippen LogP contribution is -2.31. The Morgan fingerprint density at radius 1 is 1.22 bits per heavy atom. The Hall–Kier alpha value is -2.66. The molecule has 0 aliphatic carbocycles. The van der Waals surface area contributed by atoms with E-state index in [0.29, 0.717) is 10.6 Å². The summed E-state index contributed by atoms with van der Waals surface area (Å²) in [5, 5.41) is 3.65. The molecule has 116 valence electrons. The van der Waals surface area contributed by atoms with E-state index in [4.69, 9.17) is 11.6 Å². The third kappa shape index (κ3) is 3.40. The van der Waals surface area contributed by atoms with Crippen LogP contribution in [0, 0.1) is 0 Å². The lowest BCUT2D eigenvalue weighted by molar-refractivity contribution is 0.0941. The highest BCUT2D eigenvalue weighted by Gasteiger charge is 2.21. The van der Waals surface area contributed by atoms with E-state index >= 15 is 0 Å². The van der Waals surface area contributed by atoms with Gasteiger partial charge in [-0.2, -0.15) is 0 Å². The van der Waals surface area contributed by atoms with Gasteiger partial charge < -0.3 is 9.88 Å². The van der Waals surface area contributed by atoms with Gasteiger partial charge in [0.25, 0.3) is 5.91 Å². The lowest BCUT2D eigenvalue weighted by atomic mass is 10.1. The first-order valence-corrected chi connectivity index (χ1v) is 7.46. The molecule has 1 N–H and O–H groups in total. The molecule has 0 saturated carbocycles. The third-order valence-electron chi connectivity index (χ3n) is 3.52. The first kappa shape index (κ1) is 15.2. The summed E-state index contributed by atoms with van der Waals surface area (Å²) < 4.78 is 1.88. The monoisotopic (exact) mass is 326 g/mol. The zero-order chi connectivity index (χ0) is 16.2. The molecule has 3 rings (SSSR count). The molecule has 1 atom stereocenters. The van der Waals surface area contributed by atoms with E-state index < -0.39 is 0 Å². The van der Waals surface area contributed by atoms with Crippen molar-refractivity contribution in [1.29, 1.82) is 0 Å². The SMILES string of the molecule is Cn1ccnc1C(NC(=O)c1cccnc1)c1ccc(Cl)cc1. The molecule has 1 aromatic carbocycles. The number of nitrogens with zero attached hydrogens (tertiary/aromatic N) is 3. The fourth-order valence-electron chi connectivity index (χ4n) is 2.32. The van der Waals surface area contributed by atoms with Gasteiger partial charge in [0.15, 0.2) is 0 Å². The van der Waals surface area contributed by atoms with Crippen molar-refractivity contribution in [3.63, 3.8) is 0 Å². The lowest BCUT2D eigenvalue weighted by Gasteiger charge is -2.19. The van der Waals surface area contributed by atoms with Crippen molar-refractivity contribution in [2.24, 2.45) is 7.05 Å². The van der Waals surface area contributed by atoms with Crippen LogP contribution in [0.1, 0.15) is 27.8 Å². The van der Waals surface area contributed by atoms with Crippen LogP contribution in [0.15, 0.2) is 61.2 Å². The normalized spacial score (nSPS) is 11.9. The molecule has 0 aliphatic rings. The molecular formula is C17H15ClN4O. The maximum atomic E-state index is 12.5. The highest BCUT2D eigenvalue weighted by atomic mass is 35.5. The van der Waals surface area contributed by atoms with Crippen molar-refractivity contribution < 1.29 is 4.79 Å². The van der Waals surface area contributed by atoms with E-state index in [9.17, 15) is 4.79 Å². The predicted octanol–water partition coefficient (Wildman–Crippen LogP) is 2.99. The van der Waals surface area contributed by atoms with Crippen LogP contribution in [-0.4, -0.2) is 20.4 Å². The van der Waals surface area contributed by atoms with E-state index in [1.165, 1.54) is 6.20 Å². The van der Waals surface area contributed by atoms with Gasteiger partial charge in [-0.25, -0.2) is 4.98 Å². The van der Waals surface area contributed by atoms with Crippen molar-refractivity contribution in [1.82, 2.24) is 19.9 Å². The van der Waals surface area contributed by atoms with Crippen molar-refractivity contribution in [2.45, 2.75) is 6.04 Å². The number of hydrogen-bond donors (Lipinski definition) is 1. The minimum absolute atomic E-state index is 0.207. The average Bonchev–Trinajstić information content (AvgIpc) is 3.00. The summed E-state index contributed by atoms with van der Waals surface area (Å²) in [6.45, 7) is 0. The van der Waals surface area contributed by atoms with Crippen LogP contribution in [0.3, 0.4) is 0 Å². The third-order valence-corrected chi connectivity index (χ3v) is 3.77. The van der Waals surface area contributed by atoms with Gasteiger partial charge >= 0.3 is 0 Å². The first-order chi connectivity index (χ1) is 11.1. The van der Waals surface area contributed by atoms with Gasteiger partial charge in [0.2, 0.25) is 0 Å². The molecule has 0 fully saturated rings. The van der Waals surface area contributed by atoms with Crippen LogP contribution >= 0.6 is 11.6 Å². The minimum atomic E-state index is -0.375. The molecule has 5 nitrogen and oxygen atoms in total. The highest BCUT2D eigenvalue weighted by Crippen LogP contribution is 2.22. The number of amides is 1. The summed E-state index contributed by atoms with van der Waals surface area (Å²) in [4.78, 5) is 20.8. The summed E-state index contributed by atoms with van der Waals surface area (Å²) >= 11 is 5.96. The Morgan fingerprint density at radius 2 is 2.00 bits per heavy atom. The number of rotatable bonds is 4. The number of pyridine rings is 1. The van der Waals surface area contributed by atoms with Crippen LogP contribution in [0.4, 0.5) is 0 Å². The molecule has 6 heteroatoms. The Morgan fingerprint density at radius 3 is 2.61 bits per heavy atom. The van der Waals surface area contributed by atoms with Gasteiger partial charge in [-0.15, -0.1) is 0 Å². The summed E-state index contributed by atoms with van der Waals surface area (Å²) in [6.07, 6.45) is 6.71. The molecule has 0 aliphatic heterocycles. The van der Waals surface area contributed by atoms with Gasteiger partial charge in [0.1, 0.15) is 11.9 Å². The van der Waals surface area contributed by atoms with E-state index in [0.717, 1.165) is 11.4 Å². The topological polar surface area (TPSA) is 59.8 Å². The number of hydrogen-bond acceptors (Lipinski definition) is 3. The standard InChI is InChI=1S/C17H15ClN4O/c1-22-10-9-20-16(22)15(12-4-6-14(18)7-5-12)21-17(23)13-3-2-8-19-11-13/h2-11,15H,1H3,(H,21,23). The van der Waals surface area contributed by atoms with Crippen LogP contribution in [-0.2, 0) is 7.05 Å². The fraction of sp³-hybridized carbons (Fsp3) is 0.118. The van der Waals surface area contributed by atoms with Crippen molar-refractivity contribution in [3.05, 3.63) is 83.2 Å². The first-order valence-electron chi connectivity index (χ1n) is 7.09. The number of carbonyl (C=O) groups excluding carboxylic acids is 1. The van der Waals surface area contributed by atoms with Crippen LogP contribution in [0.25, 0.3) is 0 Å². The quantitative estimate of drug-likeness (QED) is 0.801. The number of carbonyl (C=O) groups is 1. The summed E-state index contributed by atoms with van der Waals surface area (Å²) in [5.74, 6) is 0.533. The molecule has 3 aromatic rings. The van der Waals surface area contributed by atoms with E-state index in [1.807, 2.05) is 29.9 Å². The molecular weight excluding hydrogens is 312 g/mol. The number of nitrogens with one attached hydrogen (secondary N) is 1. The van der Waals surface area contributed by atoms with Gasteiger partial charge in [-0.3, -0.25) is 9.78 Å². The second kappa shape index (κ2) is 6.62. The maximum Gasteiger partial charge on any atom is 0.253 e. The summed E-state index contributed by atoms with van der Waals surface area (Å²) in [6, 6.07) is 10.4. The molecule has 0 spiro atoms. The number of aryl methyl sites for hydroxylation is 1. The molecule has 2 aromatic heterocycles. The number of imidazole rings is 1. The largest absolute Gasteiger partial charge is 0.338 e. The zero-order valence-corrected chi connectivity index (χ0v) is 13.2. The van der Waals surface area contributed by atoms with Gasteiger partial charge in [-0.1, -0.05) is 23.7 Å². The zero-order valence-electron chi connectivity index (χ0n) is 12.5. The minimum Gasteiger partial charge on any atom is -0.338 e.